The van der Waals surface area contributed by atoms with E-state index in [0.29, 0.717) is 0 Å². The zero-order chi connectivity index (χ0) is 4.50. The molecule has 5 heavy (non-hydrogen) atoms. The average Bonchev–Trinajstić information content (AvgIpc) is 0.722. The SMILES string of the molecule is NP(O)(=S)I. The first-order valence-electron chi connectivity index (χ1n) is 0.810. The third-order valence-corrected chi connectivity index (χ3v) is 0. The van der Waals surface area contributed by atoms with E-state index >= 15 is 0 Å². The monoisotopic (exact) mass is 223 g/mol. The number of hydrogen-bond donors (Lipinski definition) is 2. The first-order valence-corrected chi connectivity index (χ1v) is 6.42. The number of halogens is 1. The Morgan fingerprint density at radius 3 is 2.00 bits per heavy atom. The molecule has 0 radical (unpaired) electrons. The van der Waals surface area contributed by atoms with Crippen LogP contribution in [0.2, 0.25) is 0 Å². The lowest BCUT2D eigenvalue weighted by Gasteiger charge is -1.88. The van der Waals surface area contributed by atoms with Crippen molar-refractivity contribution in [1.29, 1.82) is 0 Å². The summed E-state index contributed by atoms with van der Waals surface area (Å²) in [6, 6.07) is 0. The molecule has 2 nitrogen and oxygen atoms in total. The van der Waals surface area contributed by atoms with Crippen LogP contribution in [0.15, 0.2) is 0 Å². The quantitative estimate of drug-likeness (QED) is 0.466. The van der Waals surface area contributed by atoms with Gasteiger partial charge in [0, 0.05) is 22.0 Å². The van der Waals surface area contributed by atoms with E-state index in [1.54, 1.807) is 22.0 Å². The van der Waals surface area contributed by atoms with E-state index in [1.807, 2.05) is 0 Å². The summed E-state index contributed by atoms with van der Waals surface area (Å²) in [4.78, 5) is 8.21. The van der Waals surface area contributed by atoms with E-state index in [4.69, 9.17) is 10.4 Å². The highest BCUT2D eigenvalue weighted by Gasteiger charge is 1.89. The molecule has 0 aliphatic rings. The molecule has 0 heterocycles. The molecule has 0 aromatic carbocycles. The topological polar surface area (TPSA) is 46.2 Å². The third-order valence-electron chi connectivity index (χ3n) is 0. The van der Waals surface area contributed by atoms with Crippen LogP contribution in [-0.4, -0.2) is 4.89 Å². The molecule has 0 saturated carbocycles. The minimum absolute atomic E-state index is 1.64. The minimum atomic E-state index is -2.34. The zero-order valence-electron chi connectivity index (χ0n) is 2.26. The van der Waals surface area contributed by atoms with Crippen LogP contribution in [0, 0.1) is 0 Å². The number of nitrogens with two attached hydrogens (primary N) is 1. The summed E-state index contributed by atoms with van der Waals surface area (Å²) in [6.07, 6.45) is 0. The summed E-state index contributed by atoms with van der Waals surface area (Å²) in [5, 5.41) is 0. The van der Waals surface area contributed by atoms with Gasteiger partial charge in [0.25, 0.3) is 0 Å². The molecule has 0 spiro atoms. The van der Waals surface area contributed by atoms with Crippen molar-refractivity contribution in [2.24, 2.45) is 5.50 Å². The Kier molecular flexibility index (Phi) is 2.32. The highest BCUT2D eigenvalue weighted by atomic mass is 127. The van der Waals surface area contributed by atoms with Gasteiger partial charge in [0.15, 0.2) is 4.06 Å². The molecule has 1 atom stereocenters. The van der Waals surface area contributed by atoms with Crippen LogP contribution < -0.4 is 5.50 Å². The minimum Gasteiger partial charge on any atom is -0.347 e. The Labute approximate surface area is 48.4 Å². The molecule has 0 aliphatic carbocycles. The predicted octanol–water partition coefficient (Wildman–Crippen LogP) is 0.597. The van der Waals surface area contributed by atoms with Crippen molar-refractivity contribution < 1.29 is 4.89 Å². The second-order valence-electron chi connectivity index (χ2n) is 0.545. The van der Waals surface area contributed by atoms with E-state index in [-0.39, 0.29) is 0 Å². The lowest BCUT2D eigenvalue weighted by Crippen LogP contribution is -1.78. The highest BCUT2D eigenvalue weighted by molar-refractivity contribution is 14.2. The van der Waals surface area contributed by atoms with Crippen molar-refractivity contribution in [3.63, 3.8) is 0 Å². The first kappa shape index (κ1) is 6.30. The molecule has 0 rings (SSSR count). The standard InChI is InChI=1S/H3INOPS/c1-4(2,3)5/h(H3,2,3,5). The molecular formula is H3INOPS. The van der Waals surface area contributed by atoms with Crippen molar-refractivity contribution >= 4 is 37.9 Å². The third kappa shape index (κ3) is 34.2. The second kappa shape index (κ2) is 1.84. The summed E-state index contributed by atoms with van der Waals surface area (Å²) < 4.78 is -2.34. The fourth-order valence-electron chi connectivity index (χ4n) is 0. The normalized spacial score (nSPS) is 21.4. The van der Waals surface area contributed by atoms with Gasteiger partial charge in [0.2, 0.25) is 0 Å². The Bertz CT molecular complexity index is 57.8. The van der Waals surface area contributed by atoms with Gasteiger partial charge in [0.1, 0.15) is 0 Å². The second-order valence-corrected chi connectivity index (χ2v) is 9.68. The molecule has 32 valence electrons. The summed E-state index contributed by atoms with van der Waals surface area (Å²) >= 11 is 5.89. The van der Waals surface area contributed by atoms with Crippen LogP contribution >= 0.6 is 26.1 Å². The van der Waals surface area contributed by atoms with Gasteiger partial charge in [0.05, 0.1) is 0 Å². The smallest absolute Gasteiger partial charge is 0.183 e. The van der Waals surface area contributed by atoms with Crippen LogP contribution in [-0.2, 0) is 11.8 Å². The molecule has 5 heteroatoms. The maximum Gasteiger partial charge on any atom is 0.183 e. The molecule has 0 amide bonds. The molecule has 3 N–H and O–H groups in total. The van der Waals surface area contributed by atoms with Gasteiger partial charge >= 0.3 is 0 Å². The van der Waals surface area contributed by atoms with E-state index in [2.05, 4.69) is 11.8 Å². The Morgan fingerprint density at radius 1 is 2.00 bits per heavy atom. The Balaban J connectivity index is 3.47. The van der Waals surface area contributed by atoms with Crippen LogP contribution in [0.5, 0.6) is 0 Å². The molecule has 1 unspecified atom stereocenters. The fourth-order valence-corrected chi connectivity index (χ4v) is 0. The Hall–Kier alpha value is 1.30. The number of rotatable bonds is 0. The van der Waals surface area contributed by atoms with E-state index < -0.39 is 4.06 Å². The van der Waals surface area contributed by atoms with Crippen LogP contribution in [0.4, 0.5) is 0 Å². The van der Waals surface area contributed by atoms with Gasteiger partial charge in [-0.15, -0.1) is 0 Å². The van der Waals surface area contributed by atoms with Crippen molar-refractivity contribution in [1.82, 2.24) is 0 Å². The lowest BCUT2D eigenvalue weighted by molar-refractivity contribution is 0.643. The first-order chi connectivity index (χ1) is 2.00. The molecule has 0 aliphatic heterocycles. The zero-order valence-corrected chi connectivity index (χ0v) is 6.13. The lowest BCUT2D eigenvalue weighted by atomic mass is 13.9. The van der Waals surface area contributed by atoms with Gasteiger partial charge in [-0.2, -0.15) is 0 Å². The van der Waals surface area contributed by atoms with Crippen molar-refractivity contribution in [3.8, 4) is 0 Å². The summed E-state index contributed by atoms with van der Waals surface area (Å²) in [7, 11) is 0. The molecule has 0 fully saturated rings. The molecular weight excluding hydrogens is 220 g/mol. The maximum absolute atomic E-state index is 8.21. The van der Waals surface area contributed by atoms with Crippen LogP contribution in [0.1, 0.15) is 0 Å². The molecule has 0 bridgehead atoms. The van der Waals surface area contributed by atoms with Gasteiger partial charge in [-0.05, 0) is 11.8 Å². The van der Waals surface area contributed by atoms with Crippen LogP contribution in [0.25, 0.3) is 0 Å². The molecule has 0 saturated heterocycles. The van der Waals surface area contributed by atoms with Crippen molar-refractivity contribution in [3.05, 3.63) is 0 Å². The maximum atomic E-state index is 8.21. The van der Waals surface area contributed by atoms with E-state index in [9.17, 15) is 0 Å². The van der Waals surface area contributed by atoms with Gasteiger partial charge in [-0.25, -0.2) is 0 Å². The van der Waals surface area contributed by atoms with Crippen molar-refractivity contribution in [2.75, 3.05) is 0 Å². The fraction of sp³-hybridized carbons (Fsp3) is 0. The van der Waals surface area contributed by atoms with Gasteiger partial charge in [-0.3, -0.25) is 5.50 Å². The summed E-state index contributed by atoms with van der Waals surface area (Å²) in [5.74, 6) is 0. The predicted molar refractivity (Wildman–Crippen MR) is 34.7 cm³/mol. The molecule has 0 aromatic rings. The van der Waals surface area contributed by atoms with E-state index in [1.165, 1.54) is 0 Å². The Morgan fingerprint density at radius 2 is 2.00 bits per heavy atom. The van der Waals surface area contributed by atoms with Crippen molar-refractivity contribution in [2.45, 2.75) is 0 Å². The summed E-state index contributed by atoms with van der Waals surface area (Å²) in [6.45, 7) is 0. The van der Waals surface area contributed by atoms with Gasteiger partial charge in [-0.1, -0.05) is 0 Å². The summed E-state index contributed by atoms with van der Waals surface area (Å²) in [5.41, 5.74) is 4.82. The average molecular weight is 223 g/mol. The van der Waals surface area contributed by atoms with Crippen LogP contribution in [0.3, 0.4) is 0 Å². The largest absolute Gasteiger partial charge is 0.347 e. The number of hydrogen-bond acceptors (Lipinski definition) is 1. The van der Waals surface area contributed by atoms with E-state index in [0.717, 1.165) is 0 Å². The highest BCUT2D eigenvalue weighted by Crippen LogP contribution is 2.40. The molecule has 0 aromatic heterocycles. The van der Waals surface area contributed by atoms with Gasteiger partial charge < -0.3 is 4.89 Å².